The van der Waals surface area contributed by atoms with Crippen molar-refractivity contribution in [1.29, 1.82) is 0 Å². The predicted molar refractivity (Wildman–Crippen MR) is 74.3 cm³/mol. The molecule has 1 saturated carbocycles. The fraction of sp³-hybridized carbons (Fsp3) is 0.667. The molecule has 1 aliphatic rings. The molecule has 0 unspecified atom stereocenters. The van der Waals surface area contributed by atoms with Crippen molar-refractivity contribution in [2.75, 3.05) is 13.6 Å². The van der Waals surface area contributed by atoms with Gasteiger partial charge in [-0.05, 0) is 31.9 Å². The summed E-state index contributed by atoms with van der Waals surface area (Å²) < 4.78 is 26.1. The Labute approximate surface area is 113 Å². The zero-order chi connectivity index (χ0) is 13.2. The monoisotopic (exact) mass is 288 g/mol. The maximum atomic E-state index is 12.3. The molecule has 102 valence electrons. The summed E-state index contributed by atoms with van der Waals surface area (Å²) >= 11 is 1.51. The zero-order valence-electron chi connectivity index (χ0n) is 10.8. The smallest absolute Gasteiger partial charge is 0.243 e. The molecule has 1 N–H and O–H groups in total. The maximum Gasteiger partial charge on any atom is 0.243 e. The minimum absolute atomic E-state index is 0.219. The summed E-state index contributed by atoms with van der Waals surface area (Å²) in [6, 6.07) is 2.01. The molecule has 1 aliphatic carbocycles. The van der Waals surface area contributed by atoms with E-state index in [0.29, 0.717) is 4.90 Å². The van der Waals surface area contributed by atoms with Crippen LogP contribution in [0.25, 0.3) is 0 Å². The normalized spacial score (nSPS) is 16.4. The number of thiophene rings is 1. The summed E-state index contributed by atoms with van der Waals surface area (Å²) in [5.41, 5.74) is 0. The number of hydrogen-bond donors (Lipinski definition) is 1. The number of rotatable bonds is 7. The molecule has 1 aromatic heterocycles. The van der Waals surface area contributed by atoms with Crippen LogP contribution in [0.2, 0.25) is 0 Å². The molecule has 0 aromatic carbocycles. The third kappa shape index (κ3) is 3.12. The first-order valence-corrected chi connectivity index (χ1v) is 8.64. The molecule has 0 aliphatic heterocycles. The van der Waals surface area contributed by atoms with Gasteiger partial charge in [0.05, 0.1) is 4.90 Å². The standard InChI is InChI=1S/C12H20N2O2S2/c1-3-6-13-8-11-7-12(9-17-11)18(15,16)14(2)10-4-5-10/h7,9-10,13H,3-6,8H2,1-2H3. The van der Waals surface area contributed by atoms with Crippen molar-refractivity contribution in [1.82, 2.24) is 9.62 Å². The molecule has 6 heteroatoms. The molecule has 18 heavy (non-hydrogen) atoms. The molecular formula is C12H20N2O2S2. The summed E-state index contributed by atoms with van der Waals surface area (Å²) in [6.45, 7) is 3.82. The Morgan fingerprint density at radius 3 is 2.83 bits per heavy atom. The number of hydrogen-bond acceptors (Lipinski definition) is 4. The quantitative estimate of drug-likeness (QED) is 0.781. The molecule has 0 spiro atoms. The fourth-order valence-corrected chi connectivity index (χ4v) is 4.43. The molecule has 0 radical (unpaired) electrons. The minimum atomic E-state index is -3.27. The van der Waals surface area contributed by atoms with E-state index in [4.69, 9.17) is 0 Å². The first-order chi connectivity index (χ1) is 8.55. The Kier molecular flexibility index (Phi) is 4.42. The first kappa shape index (κ1) is 14.0. The number of nitrogens with one attached hydrogen (secondary N) is 1. The van der Waals surface area contributed by atoms with E-state index in [1.807, 2.05) is 0 Å². The van der Waals surface area contributed by atoms with Crippen LogP contribution in [0.15, 0.2) is 16.3 Å². The fourth-order valence-electron chi connectivity index (χ4n) is 1.78. The molecule has 4 nitrogen and oxygen atoms in total. The topological polar surface area (TPSA) is 49.4 Å². The molecule has 0 bridgehead atoms. The zero-order valence-corrected chi connectivity index (χ0v) is 12.5. The third-order valence-corrected chi connectivity index (χ3v) is 6.07. The summed E-state index contributed by atoms with van der Waals surface area (Å²) in [5.74, 6) is 0. The lowest BCUT2D eigenvalue weighted by Crippen LogP contribution is -2.28. The minimum Gasteiger partial charge on any atom is -0.312 e. The average molecular weight is 288 g/mol. The Balaban J connectivity index is 2.04. The Morgan fingerprint density at radius 1 is 1.50 bits per heavy atom. The van der Waals surface area contributed by atoms with Crippen molar-refractivity contribution in [3.63, 3.8) is 0 Å². The Bertz CT molecular complexity index is 492. The van der Waals surface area contributed by atoms with E-state index in [2.05, 4.69) is 12.2 Å². The van der Waals surface area contributed by atoms with Crippen molar-refractivity contribution >= 4 is 21.4 Å². The molecule has 0 saturated heterocycles. The molecule has 0 atom stereocenters. The van der Waals surface area contributed by atoms with Crippen LogP contribution in [0.3, 0.4) is 0 Å². The second-order valence-corrected chi connectivity index (χ2v) is 7.67. The van der Waals surface area contributed by atoms with Crippen LogP contribution in [0.5, 0.6) is 0 Å². The summed E-state index contributed by atoms with van der Waals surface area (Å²) in [5, 5.41) is 5.03. The molecule has 1 heterocycles. The van der Waals surface area contributed by atoms with Crippen LogP contribution in [-0.4, -0.2) is 32.4 Å². The Hall–Kier alpha value is -0.430. The summed E-state index contributed by atoms with van der Waals surface area (Å²) in [4.78, 5) is 1.52. The highest BCUT2D eigenvalue weighted by Gasteiger charge is 2.35. The summed E-state index contributed by atoms with van der Waals surface area (Å²) in [6.07, 6.45) is 3.07. The second-order valence-electron chi connectivity index (χ2n) is 4.68. The van der Waals surface area contributed by atoms with E-state index >= 15 is 0 Å². The van der Waals surface area contributed by atoms with Gasteiger partial charge >= 0.3 is 0 Å². The predicted octanol–water partition coefficient (Wildman–Crippen LogP) is 2.03. The van der Waals surface area contributed by atoms with Crippen LogP contribution in [-0.2, 0) is 16.6 Å². The van der Waals surface area contributed by atoms with Crippen LogP contribution in [0.1, 0.15) is 31.1 Å². The van der Waals surface area contributed by atoms with Crippen LogP contribution < -0.4 is 5.32 Å². The highest BCUT2D eigenvalue weighted by molar-refractivity contribution is 7.89. The van der Waals surface area contributed by atoms with Crippen LogP contribution >= 0.6 is 11.3 Å². The van der Waals surface area contributed by atoms with Crippen molar-refractivity contribution in [2.45, 2.75) is 43.7 Å². The highest BCUT2D eigenvalue weighted by Crippen LogP contribution is 2.31. The third-order valence-electron chi connectivity index (χ3n) is 3.09. The molecule has 2 rings (SSSR count). The second kappa shape index (κ2) is 5.69. The average Bonchev–Trinajstić information content (AvgIpc) is 3.07. The summed E-state index contributed by atoms with van der Waals surface area (Å²) in [7, 11) is -1.59. The molecule has 0 amide bonds. The SMILES string of the molecule is CCCNCc1cc(S(=O)(=O)N(C)C2CC2)cs1. The van der Waals surface area contributed by atoms with Gasteiger partial charge in [-0.1, -0.05) is 6.92 Å². The van der Waals surface area contributed by atoms with E-state index < -0.39 is 10.0 Å². The van der Waals surface area contributed by atoms with E-state index in [1.165, 1.54) is 15.6 Å². The molecule has 1 aromatic rings. The lowest BCUT2D eigenvalue weighted by Gasteiger charge is -2.14. The Morgan fingerprint density at radius 2 is 2.22 bits per heavy atom. The number of sulfonamides is 1. The van der Waals surface area contributed by atoms with Gasteiger partial charge in [-0.2, -0.15) is 4.31 Å². The van der Waals surface area contributed by atoms with Crippen LogP contribution in [0, 0.1) is 0 Å². The van der Waals surface area contributed by atoms with Crippen molar-refractivity contribution in [3.8, 4) is 0 Å². The van der Waals surface area contributed by atoms with Gasteiger partial charge in [0.25, 0.3) is 0 Å². The van der Waals surface area contributed by atoms with Crippen molar-refractivity contribution < 1.29 is 8.42 Å². The van der Waals surface area contributed by atoms with Gasteiger partial charge in [0, 0.05) is 29.9 Å². The molecular weight excluding hydrogens is 268 g/mol. The van der Waals surface area contributed by atoms with E-state index in [9.17, 15) is 8.42 Å². The lowest BCUT2D eigenvalue weighted by atomic mass is 10.4. The van der Waals surface area contributed by atoms with Gasteiger partial charge < -0.3 is 5.32 Å². The highest BCUT2D eigenvalue weighted by atomic mass is 32.2. The van der Waals surface area contributed by atoms with Crippen molar-refractivity contribution in [3.05, 3.63) is 16.3 Å². The van der Waals surface area contributed by atoms with Gasteiger partial charge in [-0.3, -0.25) is 0 Å². The van der Waals surface area contributed by atoms with Crippen LogP contribution in [0.4, 0.5) is 0 Å². The maximum absolute atomic E-state index is 12.3. The van der Waals surface area contributed by atoms with Gasteiger partial charge in [-0.15, -0.1) is 11.3 Å². The molecule has 1 fully saturated rings. The van der Waals surface area contributed by atoms with E-state index in [1.54, 1.807) is 18.5 Å². The van der Waals surface area contributed by atoms with E-state index in [0.717, 1.165) is 37.2 Å². The van der Waals surface area contributed by atoms with Gasteiger partial charge in [0.1, 0.15) is 0 Å². The van der Waals surface area contributed by atoms with Gasteiger partial charge in [0.2, 0.25) is 10.0 Å². The van der Waals surface area contributed by atoms with E-state index in [-0.39, 0.29) is 6.04 Å². The van der Waals surface area contributed by atoms with Gasteiger partial charge in [0.15, 0.2) is 0 Å². The first-order valence-electron chi connectivity index (χ1n) is 6.32. The van der Waals surface area contributed by atoms with Crippen molar-refractivity contribution in [2.24, 2.45) is 0 Å². The number of nitrogens with zero attached hydrogens (tertiary/aromatic N) is 1. The largest absolute Gasteiger partial charge is 0.312 e. The van der Waals surface area contributed by atoms with Gasteiger partial charge in [-0.25, -0.2) is 8.42 Å². The lowest BCUT2D eigenvalue weighted by molar-refractivity contribution is 0.464.